The Morgan fingerprint density at radius 3 is 2.72 bits per heavy atom. The van der Waals surface area contributed by atoms with E-state index >= 15 is 0 Å². The standard InChI is InChI=1S/C13H21N3O2/c1-13(2,3)8-10-7-11(16-9-15-10)14-6-4-5-12(17)18/h7,9H,4-6,8H2,1-3H3,(H,17,18)(H,14,15,16). The number of hydrogen-bond acceptors (Lipinski definition) is 4. The number of carbonyl (C=O) groups is 1. The van der Waals surface area contributed by atoms with Gasteiger partial charge in [0.1, 0.15) is 12.1 Å². The summed E-state index contributed by atoms with van der Waals surface area (Å²) in [6, 6.07) is 1.92. The molecule has 18 heavy (non-hydrogen) atoms. The molecule has 1 rings (SSSR count). The highest BCUT2D eigenvalue weighted by molar-refractivity contribution is 5.66. The van der Waals surface area contributed by atoms with Crippen molar-refractivity contribution in [2.75, 3.05) is 11.9 Å². The second-order valence-electron chi connectivity index (χ2n) is 5.56. The van der Waals surface area contributed by atoms with Crippen LogP contribution in [0.4, 0.5) is 5.82 Å². The molecule has 0 amide bonds. The second-order valence-corrected chi connectivity index (χ2v) is 5.56. The molecule has 0 bridgehead atoms. The summed E-state index contributed by atoms with van der Waals surface area (Å²) >= 11 is 0. The monoisotopic (exact) mass is 251 g/mol. The van der Waals surface area contributed by atoms with Gasteiger partial charge in [0.05, 0.1) is 0 Å². The molecule has 0 aliphatic heterocycles. The third kappa shape index (κ3) is 6.18. The fourth-order valence-electron chi connectivity index (χ4n) is 1.59. The van der Waals surface area contributed by atoms with Crippen LogP contribution in [-0.2, 0) is 11.2 Å². The molecular formula is C13H21N3O2. The van der Waals surface area contributed by atoms with Gasteiger partial charge in [-0.1, -0.05) is 20.8 Å². The predicted octanol–water partition coefficient (Wildman–Crippen LogP) is 2.34. The number of aliphatic carboxylic acids is 1. The summed E-state index contributed by atoms with van der Waals surface area (Å²) in [5, 5.41) is 11.6. The van der Waals surface area contributed by atoms with Crippen LogP contribution in [0.3, 0.4) is 0 Å². The largest absolute Gasteiger partial charge is 0.481 e. The molecule has 0 spiro atoms. The fraction of sp³-hybridized carbons (Fsp3) is 0.615. The van der Waals surface area contributed by atoms with Crippen LogP contribution in [0.5, 0.6) is 0 Å². The molecule has 1 heterocycles. The minimum atomic E-state index is -0.770. The number of hydrogen-bond donors (Lipinski definition) is 2. The Bertz CT molecular complexity index is 399. The van der Waals surface area contributed by atoms with Crippen LogP contribution in [0.25, 0.3) is 0 Å². The molecule has 1 aromatic rings. The Kier molecular flexibility index (Phi) is 5.07. The molecule has 5 heteroatoms. The molecule has 5 nitrogen and oxygen atoms in total. The fourth-order valence-corrected chi connectivity index (χ4v) is 1.59. The molecule has 0 unspecified atom stereocenters. The van der Waals surface area contributed by atoms with Gasteiger partial charge in [0.15, 0.2) is 0 Å². The molecule has 2 N–H and O–H groups in total. The third-order valence-corrected chi connectivity index (χ3v) is 2.31. The van der Waals surface area contributed by atoms with Crippen molar-refractivity contribution in [3.63, 3.8) is 0 Å². The number of aromatic nitrogens is 2. The summed E-state index contributed by atoms with van der Waals surface area (Å²) in [5.41, 5.74) is 1.19. The Hall–Kier alpha value is -1.65. The predicted molar refractivity (Wildman–Crippen MR) is 70.6 cm³/mol. The Balaban J connectivity index is 2.47. The van der Waals surface area contributed by atoms with Crippen molar-refractivity contribution < 1.29 is 9.90 Å². The van der Waals surface area contributed by atoms with Gasteiger partial charge in [0.25, 0.3) is 0 Å². The number of carboxylic acids is 1. The average molecular weight is 251 g/mol. The minimum absolute atomic E-state index is 0.174. The van der Waals surface area contributed by atoms with E-state index in [0.29, 0.717) is 13.0 Å². The van der Waals surface area contributed by atoms with Gasteiger partial charge >= 0.3 is 5.97 Å². The lowest BCUT2D eigenvalue weighted by Crippen LogP contribution is -2.12. The smallest absolute Gasteiger partial charge is 0.303 e. The summed E-state index contributed by atoms with van der Waals surface area (Å²) in [7, 11) is 0. The van der Waals surface area contributed by atoms with Gasteiger partial charge in [0, 0.05) is 24.7 Å². The lowest BCUT2D eigenvalue weighted by Gasteiger charge is -2.17. The summed E-state index contributed by atoms with van der Waals surface area (Å²) in [5.74, 6) is -0.0115. The zero-order chi connectivity index (χ0) is 13.6. The van der Waals surface area contributed by atoms with E-state index in [1.165, 1.54) is 0 Å². The van der Waals surface area contributed by atoms with Crippen LogP contribution in [0.15, 0.2) is 12.4 Å². The molecule has 0 fully saturated rings. The van der Waals surface area contributed by atoms with Crippen molar-refractivity contribution >= 4 is 11.8 Å². The van der Waals surface area contributed by atoms with Crippen molar-refractivity contribution in [3.8, 4) is 0 Å². The number of nitrogens with one attached hydrogen (secondary N) is 1. The number of rotatable bonds is 6. The van der Waals surface area contributed by atoms with Crippen LogP contribution in [0, 0.1) is 5.41 Å². The van der Waals surface area contributed by atoms with Gasteiger partial charge in [-0.2, -0.15) is 0 Å². The molecule has 0 aliphatic carbocycles. The van der Waals surface area contributed by atoms with Crippen LogP contribution < -0.4 is 5.32 Å². The highest BCUT2D eigenvalue weighted by Gasteiger charge is 2.12. The lowest BCUT2D eigenvalue weighted by atomic mass is 9.90. The van der Waals surface area contributed by atoms with E-state index in [4.69, 9.17) is 5.11 Å². The Morgan fingerprint density at radius 2 is 2.11 bits per heavy atom. The summed E-state index contributed by atoms with van der Waals surface area (Å²) in [4.78, 5) is 18.7. The van der Waals surface area contributed by atoms with Crippen molar-refractivity contribution in [1.29, 1.82) is 0 Å². The highest BCUT2D eigenvalue weighted by atomic mass is 16.4. The first kappa shape index (κ1) is 14.4. The van der Waals surface area contributed by atoms with E-state index in [-0.39, 0.29) is 11.8 Å². The minimum Gasteiger partial charge on any atom is -0.481 e. The molecule has 0 saturated carbocycles. The Labute approximate surface area is 108 Å². The summed E-state index contributed by atoms with van der Waals surface area (Å²) in [6.45, 7) is 7.09. The normalized spacial score (nSPS) is 11.3. The maximum absolute atomic E-state index is 10.4. The van der Waals surface area contributed by atoms with Crippen LogP contribution in [-0.4, -0.2) is 27.6 Å². The number of anilines is 1. The van der Waals surface area contributed by atoms with E-state index < -0.39 is 5.97 Å². The van der Waals surface area contributed by atoms with Crippen molar-refractivity contribution in [2.24, 2.45) is 5.41 Å². The van der Waals surface area contributed by atoms with E-state index in [1.54, 1.807) is 6.33 Å². The van der Waals surface area contributed by atoms with E-state index in [9.17, 15) is 4.79 Å². The Morgan fingerprint density at radius 1 is 1.39 bits per heavy atom. The molecule has 0 aromatic carbocycles. The van der Waals surface area contributed by atoms with E-state index in [2.05, 4.69) is 36.1 Å². The van der Waals surface area contributed by atoms with Gasteiger partial charge in [0.2, 0.25) is 0 Å². The topological polar surface area (TPSA) is 75.1 Å². The van der Waals surface area contributed by atoms with Crippen LogP contribution >= 0.6 is 0 Å². The number of nitrogens with zero attached hydrogens (tertiary/aromatic N) is 2. The van der Waals surface area contributed by atoms with Gasteiger partial charge in [-0.3, -0.25) is 4.79 Å². The first-order valence-electron chi connectivity index (χ1n) is 6.13. The van der Waals surface area contributed by atoms with Crippen LogP contribution in [0.2, 0.25) is 0 Å². The maximum Gasteiger partial charge on any atom is 0.303 e. The van der Waals surface area contributed by atoms with Gasteiger partial charge in [-0.05, 0) is 18.3 Å². The summed E-state index contributed by atoms with van der Waals surface area (Å²) in [6.07, 6.45) is 3.20. The zero-order valence-corrected chi connectivity index (χ0v) is 11.2. The van der Waals surface area contributed by atoms with Crippen LogP contribution in [0.1, 0.15) is 39.3 Å². The second kappa shape index (κ2) is 6.33. The third-order valence-electron chi connectivity index (χ3n) is 2.31. The molecule has 1 aromatic heterocycles. The molecule has 100 valence electrons. The van der Waals surface area contributed by atoms with Crippen molar-refractivity contribution in [3.05, 3.63) is 18.1 Å². The van der Waals surface area contributed by atoms with Crippen molar-refractivity contribution in [1.82, 2.24) is 9.97 Å². The van der Waals surface area contributed by atoms with Gasteiger partial charge < -0.3 is 10.4 Å². The summed E-state index contributed by atoms with van der Waals surface area (Å²) < 4.78 is 0. The molecule has 0 aliphatic rings. The lowest BCUT2D eigenvalue weighted by molar-refractivity contribution is -0.137. The quantitative estimate of drug-likeness (QED) is 0.759. The molecular weight excluding hydrogens is 230 g/mol. The molecule has 0 atom stereocenters. The van der Waals surface area contributed by atoms with Gasteiger partial charge in [-0.25, -0.2) is 9.97 Å². The molecule has 0 saturated heterocycles. The van der Waals surface area contributed by atoms with Crippen molar-refractivity contribution in [2.45, 2.75) is 40.0 Å². The van der Waals surface area contributed by atoms with E-state index in [1.807, 2.05) is 6.07 Å². The maximum atomic E-state index is 10.4. The highest BCUT2D eigenvalue weighted by Crippen LogP contribution is 2.19. The first-order chi connectivity index (χ1) is 8.37. The SMILES string of the molecule is CC(C)(C)Cc1cc(NCCCC(=O)O)ncn1. The first-order valence-corrected chi connectivity index (χ1v) is 6.13. The number of carboxylic acid groups (broad SMARTS) is 1. The van der Waals surface area contributed by atoms with E-state index in [0.717, 1.165) is 17.9 Å². The average Bonchev–Trinajstić information content (AvgIpc) is 2.22. The molecule has 0 radical (unpaired) electrons. The van der Waals surface area contributed by atoms with Gasteiger partial charge in [-0.15, -0.1) is 0 Å². The zero-order valence-electron chi connectivity index (χ0n) is 11.2.